The third-order valence-electron chi connectivity index (χ3n) is 2.39. The Bertz CT molecular complexity index is 407. The molecule has 3 nitrogen and oxygen atoms in total. The van der Waals surface area contributed by atoms with Crippen molar-refractivity contribution >= 4 is 5.69 Å². The van der Waals surface area contributed by atoms with Crippen molar-refractivity contribution in [3.8, 4) is 0 Å². The van der Waals surface area contributed by atoms with Crippen LogP contribution < -0.4 is 5.73 Å². The lowest BCUT2D eigenvalue weighted by Gasteiger charge is -2.03. The molecule has 0 saturated carbocycles. The molecule has 0 aliphatic heterocycles. The van der Waals surface area contributed by atoms with Crippen LogP contribution in [0, 0.1) is 0 Å². The van der Waals surface area contributed by atoms with Crippen LogP contribution in [0.3, 0.4) is 0 Å². The summed E-state index contributed by atoms with van der Waals surface area (Å²) in [7, 11) is 0. The Kier molecular flexibility index (Phi) is 3.02. The van der Waals surface area contributed by atoms with E-state index in [1.54, 1.807) is 6.20 Å². The minimum absolute atomic E-state index is 0.843. The summed E-state index contributed by atoms with van der Waals surface area (Å²) in [6.07, 6.45) is 7.81. The third kappa shape index (κ3) is 2.84. The van der Waals surface area contributed by atoms with Crippen LogP contribution in [-0.2, 0) is 13.0 Å². The average molecular weight is 201 g/mol. The average Bonchev–Trinajstić information content (AvgIpc) is 2.71. The van der Waals surface area contributed by atoms with Crippen LogP contribution in [-0.4, -0.2) is 9.55 Å². The Balaban J connectivity index is 1.83. The number of aromatic nitrogens is 2. The van der Waals surface area contributed by atoms with Crippen LogP contribution in [0.25, 0.3) is 0 Å². The first kappa shape index (κ1) is 9.77. The van der Waals surface area contributed by atoms with Gasteiger partial charge in [0, 0.05) is 24.6 Å². The zero-order valence-electron chi connectivity index (χ0n) is 8.63. The molecule has 2 rings (SSSR count). The monoisotopic (exact) mass is 201 g/mol. The topological polar surface area (TPSA) is 43.8 Å². The van der Waals surface area contributed by atoms with Crippen molar-refractivity contribution in [1.29, 1.82) is 0 Å². The summed E-state index contributed by atoms with van der Waals surface area (Å²) in [5, 5.41) is 0. The number of anilines is 1. The van der Waals surface area contributed by atoms with Gasteiger partial charge in [0.25, 0.3) is 0 Å². The molecule has 2 N–H and O–H groups in total. The highest BCUT2D eigenvalue weighted by Gasteiger charge is 1.94. The summed E-state index contributed by atoms with van der Waals surface area (Å²) < 4.78 is 2.09. The Morgan fingerprint density at radius 1 is 1.33 bits per heavy atom. The van der Waals surface area contributed by atoms with E-state index in [0.29, 0.717) is 0 Å². The second-order valence-electron chi connectivity index (χ2n) is 3.65. The Morgan fingerprint density at radius 2 is 2.27 bits per heavy atom. The third-order valence-corrected chi connectivity index (χ3v) is 2.39. The highest BCUT2D eigenvalue weighted by Crippen LogP contribution is 2.09. The van der Waals surface area contributed by atoms with Gasteiger partial charge in [-0.1, -0.05) is 12.1 Å². The lowest BCUT2D eigenvalue weighted by Crippen LogP contribution is -1.97. The first-order chi connectivity index (χ1) is 7.34. The molecule has 0 aliphatic rings. The molecule has 0 radical (unpaired) electrons. The Morgan fingerprint density at radius 3 is 3.00 bits per heavy atom. The van der Waals surface area contributed by atoms with Gasteiger partial charge >= 0.3 is 0 Å². The number of nitrogens with zero attached hydrogens (tertiary/aromatic N) is 2. The molecule has 0 unspecified atom stereocenters. The van der Waals surface area contributed by atoms with E-state index in [-0.39, 0.29) is 0 Å². The molecule has 2 aromatic rings. The van der Waals surface area contributed by atoms with Gasteiger partial charge in [0.1, 0.15) is 0 Å². The summed E-state index contributed by atoms with van der Waals surface area (Å²) >= 11 is 0. The lowest BCUT2D eigenvalue weighted by molar-refractivity contribution is 0.642. The molecule has 0 saturated heterocycles. The predicted molar refractivity (Wildman–Crippen MR) is 61.4 cm³/mol. The van der Waals surface area contributed by atoms with Crippen molar-refractivity contribution < 1.29 is 0 Å². The number of rotatable bonds is 4. The van der Waals surface area contributed by atoms with E-state index in [2.05, 4.69) is 15.6 Å². The molecule has 0 bridgehead atoms. The normalized spacial score (nSPS) is 10.4. The minimum atomic E-state index is 0.843. The lowest BCUT2D eigenvalue weighted by atomic mass is 10.1. The number of benzene rings is 1. The number of hydrogen-bond acceptors (Lipinski definition) is 2. The maximum atomic E-state index is 5.71. The van der Waals surface area contributed by atoms with Crippen LogP contribution in [0.1, 0.15) is 12.0 Å². The fourth-order valence-electron chi connectivity index (χ4n) is 1.63. The molecule has 78 valence electrons. The van der Waals surface area contributed by atoms with E-state index in [1.165, 1.54) is 5.56 Å². The van der Waals surface area contributed by atoms with Gasteiger partial charge in [-0.3, -0.25) is 0 Å². The maximum absolute atomic E-state index is 5.71. The number of imidazole rings is 1. The molecule has 0 spiro atoms. The molecular formula is C12H15N3. The predicted octanol–water partition coefficient (Wildman–Crippen LogP) is 2.10. The second-order valence-corrected chi connectivity index (χ2v) is 3.65. The van der Waals surface area contributed by atoms with Crippen molar-refractivity contribution in [3.63, 3.8) is 0 Å². The number of nitrogens with two attached hydrogens (primary N) is 1. The van der Waals surface area contributed by atoms with Gasteiger partial charge in [-0.2, -0.15) is 0 Å². The maximum Gasteiger partial charge on any atom is 0.0945 e. The number of aryl methyl sites for hydroxylation is 2. The van der Waals surface area contributed by atoms with Gasteiger partial charge in [0.05, 0.1) is 6.33 Å². The molecule has 15 heavy (non-hydrogen) atoms. The fourth-order valence-corrected chi connectivity index (χ4v) is 1.63. The smallest absolute Gasteiger partial charge is 0.0945 e. The first-order valence-electron chi connectivity index (χ1n) is 5.15. The van der Waals surface area contributed by atoms with Crippen molar-refractivity contribution in [1.82, 2.24) is 9.55 Å². The summed E-state index contributed by atoms with van der Waals surface area (Å²) in [5.41, 5.74) is 7.85. The van der Waals surface area contributed by atoms with Crippen LogP contribution in [0.4, 0.5) is 5.69 Å². The van der Waals surface area contributed by atoms with Crippen LogP contribution in [0.15, 0.2) is 43.0 Å². The van der Waals surface area contributed by atoms with Gasteiger partial charge < -0.3 is 10.3 Å². The summed E-state index contributed by atoms with van der Waals surface area (Å²) in [5.74, 6) is 0. The molecule has 1 aromatic heterocycles. The largest absolute Gasteiger partial charge is 0.399 e. The van der Waals surface area contributed by atoms with Crippen molar-refractivity contribution in [2.75, 3.05) is 5.73 Å². The molecular weight excluding hydrogens is 186 g/mol. The van der Waals surface area contributed by atoms with E-state index >= 15 is 0 Å². The van der Waals surface area contributed by atoms with Crippen LogP contribution in [0.2, 0.25) is 0 Å². The van der Waals surface area contributed by atoms with Gasteiger partial charge in [0.2, 0.25) is 0 Å². The van der Waals surface area contributed by atoms with E-state index in [9.17, 15) is 0 Å². The quantitative estimate of drug-likeness (QED) is 0.770. The molecule has 0 atom stereocenters. The molecule has 0 aliphatic carbocycles. The number of nitrogen functional groups attached to an aromatic ring is 1. The van der Waals surface area contributed by atoms with Crippen LogP contribution >= 0.6 is 0 Å². The van der Waals surface area contributed by atoms with E-state index in [0.717, 1.165) is 25.1 Å². The summed E-state index contributed by atoms with van der Waals surface area (Å²) in [4.78, 5) is 4.00. The molecule has 1 heterocycles. The molecule has 0 fully saturated rings. The van der Waals surface area contributed by atoms with Gasteiger partial charge in [0.15, 0.2) is 0 Å². The minimum Gasteiger partial charge on any atom is -0.399 e. The molecule has 1 aromatic carbocycles. The van der Waals surface area contributed by atoms with E-state index < -0.39 is 0 Å². The van der Waals surface area contributed by atoms with Crippen molar-refractivity contribution in [2.24, 2.45) is 0 Å². The fraction of sp³-hybridized carbons (Fsp3) is 0.250. The SMILES string of the molecule is Nc1cccc(CCCn2ccnc2)c1. The van der Waals surface area contributed by atoms with Crippen LogP contribution in [0.5, 0.6) is 0 Å². The highest BCUT2D eigenvalue weighted by atomic mass is 15.0. The standard InChI is InChI=1S/C12H15N3/c13-12-5-1-3-11(9-12)4-2-7-15-8-6-14-10-15/h1,3,5-6,8-10H,2,4,7,13H2. The summed E-state index contributed by atoms with van der Waals surface area (Å²) in [6, 6.07) is 8.07. The van der Waals surface area contributed by atoms with Crippen molar-refractivity contribution in [3.05, 3.63) is 48.5 Å². The van der Waals surface area contributed by atoms with E-state index in [1.807, 2.05) is 30.7 Å². The summed E-state index contributed by atoms with van der Waals surface area (Å²) in [6.45, 7) is 1.01. The van der Waals surface area contributed by atoms with Gasteiger partial charge in [-0.05, 0) is 30.5 Å². The van der Waals surface area contributed by atoms with E-state index in [4.69, 9.17) is 5.73 Å². The van der Waals surface area contributed by atoms with Gasteiger partial charge in [-0.15, -0.1) is 0 Å². The zero-order valence-corrected chi connectivity index (χ0v) is 8.63. The van der Waals surface area contributed by atoms with Crippen molar-refractivity contribution in [2.45, 2.75) is 19.4 Å². The Hall–Kier alpha value is -1.77. The van der Waals surface area contributed by atoms with Gasteiger partial charge in [-0.25, -0.2) is 4.98 Å². The number of hydrogen-bond donors (Lipinski definition) is 1. The highest BCUT2D eigenvalue weighted by molar-refractivity contribution is 5.40. The molecule has 0 amide bonds. The Labute approximate surface area is 89.6 Å². The second kappa shape index (κ2) is 4.64. The first-order valence-corrected chi connectivity index (χ1v) is 5.15. The molecule has 3 heteroatoms. The zero-order chi connectivity index (χ0) is 10.5.